The number of amides is 1. The molecule has 1 aliphatic carbocycles. The van der Waals surface area contributed by atoms with Gasteiger partial charge in [-0.1, -0.05) is 19.3 Å². The number of carbonyl (C=O) groups is 1. The highest BCUT2D eigenvalue weighted by Gasteiger charge is 2.36. The number of likely N-dealkylation sites (tertiary alicyclic amines) is 1. The van der Waals surface area contributed by atoms with Gasteiger partial charge in [0, 0.05) is 18.5 Å². The lowest BCUT2D eigenvalue weighted by Crippen LogP contribution is -2.44. The van der Waals surface area contributed by atoms with Gasteiger partial charge in [0.15, 0.2) is 0 Å². The molecule has 4 heteroatoms. The summed E-state index contributed by atoms with van der Waals surface area (Å²) in [5.41, 5.74) is 2.93. The van der Waals surface area contributed by atoms with Crippen LogP contribution < -0.4 is 0 Å². The summed E-state index contributed by atoms with van der Waals surface area (Å²) in [4.78, 5) is 18.3. The summed E-state index contributed by atoms with van der Waals surface area (Å²) in [6.45, 7) is 1.85. The van der Waals surface area contributed by atoms with Gasteiger partial charge in [-0.3, -0.25) is 4.79 Å². The fourth-order valence-electron chi connectivity index (χ4n) is 3.47. The van der Waals surface area contributed by atoms with E-state index in [0.717, 1.165) is 13.1 Å². The molecule has 1 saturated carbocycles. The van der Waals surface area contributed by atoms with Gasteiger partial charge in [0.05, 0.1) is 5.51 Å². The molecular weight excluding hydrogens is 244 g/mol. The van der Waals surface area contributed by atoms with Crippen molar-refractivity contribution < 1.29 is 4.79 Å². The number of hydrogen-bond donors (Lipinski definition) is 0. The second-order valence-electron chi connectivity index (χ2n) is 5.73. The summed E-state index contributed by atoms with van der Waals surface area (Å²) in [6.07, 6.45) is 9.34. The van der Waals surface area contributed by atoms with Gasteiger partial charge >= 0.3 is 0 Å². The zero-order chi connectivity index (χ0) is 12.4. The van der Waals surface area contributed by atoms with E-state index in [1.807, 2.05) is 10.3 Å². The van der Waals surface area contributed by atoms with E-state index in [4.69, 9.17) is 0 Å². The lowest BCUT2D eigenvalue weighted by Gasteiger charge is -2.44. The van der Waals surface area contributed by atoms with E-state index >= 15 is 0 Å². The largest absolute Gasteiger partial charge is 0.337 e. The topological polar surface area (TPSA) is 33.2 Å². The van der Waals surface area contributed by atoms with Gasteiger partial charge in [-0.2, -0.15) is 0 Å². The van der Waals surface area contributed by atoms with Gasteiger partial charge in [0.25, 0.3) is 5.91 Å². The first-order valence-corrected chi connectivity index (χ1v) is 7.91. The van der Waals surface area contributed by atoms with Crippen LogP contribution in [0.25, 0.3) is 0 Å². The minimum atomic E-state index is 0.127. The zero-order valence-corrected chi connectivity index (χ0v) is 11.5. The molecule has 3 rings (SSSR count). The first kappa shape index (κ1) is 12.2. The van der Waals surface area contributed by atoms with E-state index in [1.165, 1.54) is 56.3 Å². The molecule has 98 valence electrons. The normalized spacial score (nSPS) is 23.2. The first-order valence-electron chi connectivity index (χ1n) is 6.97. The maximum atomic E-state index is 12.2. The van der Waals surface area contributed by atoms with E-state index < -0.39 is 0 Å². The SMILES string of the molecule is O=C(c1cscn1)N1CCC2(CCCCC2)CC1. The first-order chi connectivity index (χ1) is 8.79. The third kappa shape index (κ3) is 2.30. The Morgan fingerprint density at radius 2 is 1.89 bits per heavy atom. The Morgan fingerprint density at radius 3 is 2.50 bits per heavy atom. The molecule has 0 radical (unpaired) electrons. The monoisotopic (exact) mass is 264 g/mol. The summed E-state index contributed by atoms with van der Waals surface area (Å²) >= 11 is 1.49. The fraction of sp³-hybridized carbons (Fsp3) is 0.714. The van der Waals surface area contributed by atoms with Crippen molar-refractivity contribution in [2.24, 2.45) is 5.41 Å². The molecule has 2 aliphatic rings. The highest BCUT2D eigenvalue weighted by atomic mass is 32.1. The highest BCUT2D eigenvalue weighted by molar-refractivity contribution is 7.07. The summed E-state index contributed by atoms with van der Waals surface area (Å²) in [5, 5.41) is 1.85. The lowest BCUT2D eigenvalue weighted by atomic mass is 9.68. The number of hydrogen-bond acceptors (Lipinski definition) is 3. The van der Waals surface area contributed by atoms with Gasteiger partial charge in [-0.25, -0.2) is 4.98 Å². The number of aromatic nitrogens is 1. The van der Waals surface area contributed by atoms with Crippen molar-refractivity contribution in [2.45, 2.75) is 44.9 Å². The molecule has 1 aromatic heterocycles. The maximum absolute atomic E-state index is 12.2. The molecule has 0 atom stereocenters. The molecule has 0 unspecified atom stereocenters. The highest BCUT2D eigenvalue weighted by Crippen LogP contribution is 2.44. The average Bonchev–Trinajstić information content (AvgIpc) is 2.94. The lowest BCUT2D eigenvalue weighted by molar-refractivity contribution is 0.0468. The Kier molecular flexibility index (Phi) is 3.37. The van der Waals surface area contributed by atoms with Gasteiger partial charge < -0.3 is 4.90 Å². The standard InChI is InChI=1S/C14H20N2OS/c17-13(12-10-18-11-15-12)16-8-6-14(7-9-16)4-2-1-3-5-14/h10-11H,1-9H2. The number of piperidine rings is 1. The number of thiazole rings is 1. The van der Waals surface area contributed by atoms with Crippen LogP contribution in [0, 0.1) is 5.41 Å². The van der Waals surface area contributed by atoms with Crippen LogP contribution in [0.15, 0.2) is 10.9 Å². The van der Waals surface area contributed by atoms with Crippen LogP contribution in [-0.4, -0.2) is 28.9 Å². The molecule has 1 spiro atoms. The van der Waals surface area contributed by atoms with Crippen LogP contribution in [0.5, 0.6) is 0 Å². The Labute approximate surface area is 112 Å². The van der Waals surface area contributed by atoms with E-state index in [0.29, 0.717) is 11.1 Å². The van der Waals surface area contributed by atoms with Crippen LogP contribution in [-0.2, 0) is 0 Å². The molecule has 1 amide bonds. The maximum Gasteiger partial charge on any atom is 0.273 e. The third-order valence-electron chi connectivity index (χ3n) is 4.68. The smallest absolute Gasteiger partial charge is 0.273 e. The van der Waals surface area contributed by atoms with Crippen molar-refractivity contribution in [3.05, 3.63) is 16.6 Å². The summed E-state index contributed by atoms with van der Waals surface area (Å²) in [7, 11) is 0. The molecule has 1 saturated heterocycles. The van der Waals surface area contributed by atoms with Crippen LogP contribution in [0.2, 0.25) is 0 Å². The van der Waals surface area contributed by atoms with Gasteiger partial charge in [0.1, 0.15) is 5.69 Å². The van der Waals surface area contributed by atoms with Gasteiger partial charge in [-0.05, 0) is 31.1 Å². The molecule has 0 N–H and O–H groups in total. The minimum Gasteiger partial charge on any atom is -0.337 e. The molecular formula is C14H20N2OS. The summed E-state index contributed by atoms with van der Waals surface area (Å²) in [6, 6.07) is 0. The molecule has 1 aliphatic heterocycles. The zero-order valence-electron chi connectivity index (χ0n) is 10.7. The molecule has 18 heavy (non-hydrogen) atoms. The molecule has 2 heterocycles. The van der Waals surface area contributed by atoms with Crippen LogP contribution in [0.4, 0.5) is 0 Å². The number of carbonyl (C=O) groups excluding carboxylic acids is 1. The van der Waals surface area contributed by atoms with E-state index in [9.17, 15) is 4.79 Å². The minimum absolute atomic E-state index is 0.127. The number of rotatable bonds is 1. The van der Waals surface area contributed by atoms with E-state index in [-0.39, 0.29) is 5.91 Å². The van der Waals surface area contributed by atoms with Crippen molar-refractivity contribution in [2.75, 3.05) is 13.1 Å². The third-order valence-corrected chi connectivity index (χ3v) is 5.26. The Balaban J connectivity index is 1.61. The van der Waals surface area contributed by atoms with Crippen molar-refractivity contribution in [1.82, 2.24) is 9.88 Å². The second-order valence-corrected chi connectivity index (χ2v) is 6.45. The predicted molar refractivity (Wildman–Crippen MR) is 72.8 cm³/mol. The molecule has 3 nitrogen and oxygen atoms in total. The van der Waals surface area contributed by atoms with Crippen molar-refractivity contribution in [3.63, 3.8) is 0 Å². The van der Waals surface area contributed by atoms with E-state index in [1.54, 1.807) is 5.51 Å². The molecule has 2 fully saturated rings. The van der Waals surface area contributed by atoms with E-state index in [2.05, 4.69) is 4.98 Å². The van der Waals surface area contributed by atoms with Crippen molar-refractivity contribution in [3.8, 4) is 0 Å². The summed E-state index contributed by atoms with van der Waals surface area (Å²) < 4.78 is 0. The quantitative estimate of drug-likeness (QED) is 0.779. The van der Waals surface area contributed by atoms with Crippen molar-refractivity contribution in [1.29, 1.82) is 0 Å². The van der Waals surface area contributed by atoms with Gasteiger partial charge in [0.2, 0.25) is 0 Å². The van der Waals surface area contributed by atoms with Gasteiger partial charge in [-0.15, -0.1) is 11.3 Å². The number of nitrogens with zero attached hydrogens (tertiary/aromatic N) is 2. The molecule has 0 bridgehead atoms. The Bertz CT molecular complexity index is 399. The summed E-state index contributed by atoms with van der Waals surface area (Å²) in [5.74, 6) is 0.127. The Hall–Kier alpha value is -0.900. The van der Waals surface area contributed by atoms with Crippen molar-refractivity contribution >= 4 is 17.2 Å². The molecule has 1 aromatic rings. The van der Waals surface area contributed by atoms with Crippen LogP contribution >= 0.6 is 11.3 Å². The van der Waals surface area contributed by atoms with Crippen LogP contribution in [0.3, 0.4) is 0 Å². The predicted octanol–water partition coefficient (Wildman–Crippen LogP) is 3.33. The average molecular weight is 264 g/mol. The molecule has 0 aromatic carbocycles. The second kappa shape index (κ2) is 5.00. The van der Waals surface area contributed by atoms with Crippen LogP contribution in [0.1, 0.15) is 55.4 Å². The Morgan fingerprint density at radius 1 is 1.17 bits per heavy atom. The fourth-order valence-corrected chi connectivity index (χ4v) is 3.99.